The lowest BCUT2D eigenvalue weighted by Crippen LogP contribution is -2.49. The fourth-order valence-electron chi connectivity index (χ4n) is 3.33. The third kappa shape index (κ3) is 7.85. The standard InChI is InChI=1S/C20H33N5O3/c1-3-14(4-2)16(6-5-11-24-20(22)23)19(28)25-17(18(21)27)12-13-7-9-15(26)10-8-13/h7-10,14,16-17,26H,3-6,11-12H2,1-2H3,(H2,21,27)(H,25,28)(H4,22,23,24). The third-order valence-electron chi connectivity index (χ3n) is 4.96. The van der Waals surface area contributed by atoms with Gasteiger partial charge in [-0.25, -0.2) is 0 Å². The molecular weight excluding hydrogens is 358 g/mol. The van der Waals surface area contributed by atoms with Crippen LogP contribution in [0.3, 0.4) is 0 Å². The van der Waals surface area contributed by atoms with Crippen LogP contribution < -0.4 is 22.5 Å². The topological polar surface area (TPSA) is 157 Å². The van der Waals surface area contributed by atoms with Crippen molar-refractivity contribution in [3.8, 4) is 5.75 Å². The van der Waals surface area contributed by atoms with Crippen molar-refractivity contribution in [1.82, 2.24) is 5.32 Å². The highest BCUT2D eigenvalue weighted by Crippen LogP contribution is 2.25. The fourth-order valence-corrected chi connectivity index (χ4v) is 3.33. The molecule has 0 aliphatic carbocycles. The minimum Gasteiger partial charge on any atom is -0.508 e. The predicted octanol–water partition coefficient (Wildman–Crippen LogP) is 1.01. The van der Waals surface area contributed by atoms with E-state index in [0.29, 0.717) is 19.4 Å². The molecule has 1 aromatic carbocycles. The third-order valence-corrected chi connectivity index (χ3v) is 4.96. The van der Waals surface area contributed by atoms with E-state index >= 15 is 0 Å². The molecule has 1 rings (SSSR count). The molecule has 28 heavy (non-hydrogen) atoms. The van der Waals surface area contributed by atoms with Crippen molar-refractivity contribution in [3.63, 3.8) is 0 Å². The Morgan fingerprint density at radius 2 is 1.71 bits per heavy atom. The van der Waals surface area contributed by atoms with Crippen molar-refractivity contribution in [2.45, 2.75) is 52.0 Å². The second-order valence-corrected chi connectivity index (χ2v) is 6.97. The molecule has 0 aliphatic heterocycles. The van der Waals surface area contributed by atoms with Gasteiger partial charge in [-0.3, -0.25) is 14.6 Å². The van der Waals surface area contributed by atoms with Crippen LogP contribution >= 0.6 is 0 Å². The summed E-state index contributed by atoms with van der Waals surface area (Å²) in [5, 5.41) is 12.2. The Balaban J connectivity index is 2.83. The molecule has 0 radical (unpaired) electrons. The van der Waals surface area contributed by atoms with Crippen LogP contribution in [0.2, 0.25) is 0 Å². The van der Waals surface area contributed by atoms with Gasteiger partial charge in [0.25, 0.3) is 0 Å². The van der Waals surface area contributed by atoms with Crippen LogP contribution in [0.15, 0.2) is 29.3 Å². The smallest absolute Gasteiger partial charge is 0.240 e. The lowest BCUT2D eigenvalue weighted by Gasteiger charge is -2.26. The number of amides is 2. The first-order valence-corrected chi connectivity index (χ1v) is 9.71. The van der Waals surface area contributed by atoms with Crippen molar-refractivity contribution >= 4 is 17.8 Å². The maximum atomic E-state index is 12.9. The van der Waals surface area contributed by atoms with Crippen LogP contribution in [0, 0.1) is 11.8 Å². The molecule has 0 saturated carbocycles. The van der Waals surface area contributed by atoms with Gasteiger partial charge in [0.15, 0.2) is 5.96 Å². The summed E-state index contributed by atoms with van der Waals surface area (Å²) in [7, 11) is 0. The maximum Gasteiger partial charge on any atom is 0.240 e. The Bertz CT molecular complexity index is 652. The number of nitrogens with one attached hydrogen (secondary N) is 1. The number of rotatable bonds is 12. The number of nitrogens with zero attached hydrogens (tertiary/aromatic N) is 1. The summed E-state index contributed by atoms with van der Waals surface area (Å²) < 4.78 is 0. The molecule has 2 unspecified atom stereocenters. The Morgan fingerprint density at radius 3 is 2.21 bits per heavy atom. The van der Waals surface area contributed by atoms with E-state index in [1.165, 1.54) is 12.1 Å². The summed E-state index contributed by atoms with van der Waals surface area (Å²) in [6.07, 6.45) is 3.28. The molecule has 8 nitrogen and oxygen atoms in total. The second kappa shape index (κ2) is 11.8. The summed E-state index contributed by atoms with van der Waals surface area (Å²) in [5.41, 5.74) is 17.0. The highest BCUT2D eigenvalue weighted by molar-refractivity contribution is 5.88. The van der Waals surface area contributed by atoms with Gasteiger partial charge in [0.05, 0.1) is 0 Å². The van der Waals surface area contributed by atoms with Crippen LogP contribution in [-0.4, -0.2) is 35.5 Å². The van der Waals surface area contributed by atoms with Crippen molar-refractivity contribution in [2.75, 3.05) is 6.54 Å². The van der Waals surface area contributed by atoms with Crippen LogP contribution in [-0.2, 0) is 16.0 Å². The molecule has 0 saturated heterocycles. The number of primary amides is 1. The van der Waals surface area contributed by atoms with E-state index in [9.17, 15) is 14.7 Å². The quantitative estimate of drug-likeness (QED) is 0.204. The summed E-state index contributed by atoms with van der Waals surface area (Å²) in [4.78, 5) is 28.8. The minimum absolute atomic E-state index is 0.0335. The van der Waals surface area contributed by atoms with E-state index in [4.69, 9.17) is 17.2 Å². The first-order chi connectivity index (χ1) is 13.3. The molecule has 0 bridgehead atoms. The van der Waals surface area contributed by atoms with E-state index < -0.39 is 11.9 Å². The Morgan fingerprint density at radius 1 is 1.11 bits per heavy atom. The number of phenolic OH excluding ortho intramolecular Hbond substituents is 1. The number of guanidine groups is 1. The summed E-state index contributed by atoms with van der Waals surface area (Å²) >= 11 is 0. The number of carbonyl (C=O) groups excluding carboxylic acids is 2. The van der Waals surface area contributed by atoms with Gasteiger partial charge >= 0.3 is 0 Å². The molecule has 0 heterocycles. The zero-order chi connectivity index (χ0) is 21.1. The number of hydrogen-bond acceptors (Lipinski definition) is 4. The molecule has 2 amide bonds. The van der Waals surface area contributed by atoms with Crippen molar-refractivity contribution in [1.29, 1.82) is 0 Å². The van der Waals surface area contributed by atoms with Gasteiger partial charge in [0, 0.05) is 18.9 Å². The number of aromatic hydroxyl groups is 1. The van der Waals surface area contributed by atoms with E-state index in [1.54, 1.807) is 12.1 Å². The van der Waals surface area contributed by atoms with Crippen molar-refractivity contribution in [3.05, 3.63) is 29.8 Å². The summed E-state index contributed by atoms with van der Waals surface area (Å²) in [5.74, 6) is -0.650. The Labute approximate surface area is 166 Å². The van der Waals surface area contributed by atoms with Gasteiger partial charge in [-0.15, -0.1) is 0 Å². The number of aliphatic imine (C=N–C) groups is 1. The molecule has 1 aromatic rings. The molecule has 8 N–H and O–H groups in total. The number of benzene rings is 1. The van der Waals surface area contributed by atoms with E-state index in [1.807, 2.05) is 13.8 Å². The highest BCUT2D eigenvalue weighted by Gasteiger charge is 2.28. The molecular formula is C20H33N5O3. The van der Waals surface area contributed by atoms with Gasteiger partial charge in [0.1, 0.15) is 11.8 Å². The van der Waals surface area contributed by atoms with Gasteiger partial charge in [-0.1, -0.05) is 38.8 Å². The zero-order valence-corrected chi connectivity index (χ0v) is 16.7. The normalized spacial score (nSPS) is 13.0. The van der Waals surface area contributed by atoms with Gasteiger partial charge in [0.2, 0.25) is 11.8 Å². The number of hydrogen-bond donors (Lipinski definition) is 5. The van der Waals surface area contributed by atoms with E-state index in [0.717, 1.165) is 18.4 Å². The number of nitrogens with two attached hydrogens (primary N) is 3. The minimum atomic E-state index is -0.813. The van der Waals surface area contributed by atoms with Crippen LogP contribution in [0.25, 0.3) is 0 Å². The van der Waals surface area contributed by atoms with E-state index in [2.05, 4.69) is 10.3 Å². The second-order valence-electron chi connectivity index (χ2n) is 6.97. The predicted molar refractivity (Wildman–Crippen MR) is 110 cm³/mol. The van der Waals surface area contributed by atoms with Crippen molar-refractivity contribution in [2.24, 2.45) is 34.0 Å². The first kappa shape index (κ1) is 23.3. The maximum absolute atomic E-state index is 12.9. The molecule has 156 valence electrons. The van der Waals surface area contributed by atoms with Gasteiger partial charge in [-0.05, 0) is 36.5 Å². The summed E-state index contributed by atoms with van der Waals surface area (Å²) in [6.45, 7) is 4.55. The van der Waals surface area contributed by atoms with Gasteiger partial charge < -0.3 is 27.6 Å². The van der Waals surface area contributed by atoms with E-state index in [-0.39, 0.29) is 35.9 Å². The molecule has 2 atom stereocenters. The molecule has 0 spiro atoms. The summed E-state index contributed by atoms with van der Waals surface area (Å²) in [6, 6.07) is 5.65. The SMILES string of the molecule is CCC(CC)C(CCCN=C(N)N)C(=O)NC(Cc1ccc(O)cc1)C(N)=O. The monoisotopic (exact) mass is 391 g/mol. The van der Waals surface area contributed by atoms with Gasteiger partial charge in [-0.2, -0.15) is 0 Å². The highest BCUT2D eigenvalue weighted by atomic mass is 16.3. The molecule has 0 aliphatic rings. The van der Waals surface area contributed by atoms with Crippen LogP contribution in [0.5, 0.6) is 5.75 Å². The number of carbonyl (C=O) groups is 2. The average molecular weight is 392 g/mol. The average Bonchev–Trinajstić information content (AvgIpc) is 2.65. The number of phenols is 1. The van der Waals surface area contributed by atoms with Crippen LogP contribution in [0.4, 0.5) is 0 Å². The Hall–Kier alpha value is -2.77. The Kier molecular flexibility index (Phi) is 9.84. The first-order valence-electron chi connectivity index (χ1n) is 9.71. The molecule has 8 heteroatoms. The van der Waals surface area contributed by atoms with Crippen molar-refractivity contribution < 1.29 is 14.7 Å². The largest absolute Gasteiger partial charge is 0.508 e. The zero-order valence-electron chi connectivity index (χ0n) is 16.7. The lowest BCUT2D eigenvalue weighted by molar-refractivity contribution is -0.131. The molecule has 0 fully saturated rings. The van der Waals surface area contributed by atoms with Crippen LogP contribution in [0.1, 0.15) is 45.1 Å². The fraction of sp³-hybridized carbons (Fsp3) is 0.550. The lowest BCUT2D eigenvalue weighted by atomic mass is 9.83. The molecule has 0 aromatic heterocycles.